The number of nitrogens with zero attached hydrogens (tertiary/aromatic N) is 5. The predicted molar refractivity (Wildman–Crippen MR) is 314 cm³/mol. The molecule has 0 fully saturated rings. The predicted octanol–water partition coefficient (Wildman–Crippen LogP) is 8.74. The monoisotopic (exact) mass is 1130 g/mol. The average Bonchev–Trinajstić information content (AvgIpc) is 4.32. The van der Waals surface area contributed by atoms with E-state index in [4.69, 9.17) is 33.7 Å². The Morgan fingerprint density at radius 1 is 0.651 bits per heavy atom. The standard InChI is InChI=1S/C63H70N8O12/c1-8-13-47-38(4)60(75)69(61(47)76)23-11-9-10-14-56(72)68-58(37(2)3)59(74)66-34-57(73)67-43-19-15-39(16-20-43)41-26-44-32-64-50-30-54(52(80-6)28-48(50)62(77)70(44)35-41)82-24-12-25-83-55-31-51-49(29-53(55)81-7)63(78)71-36-42(27-45(71)33-65-51)40-17-21-46(79-5)22-18-40/h15-22,28-33,35-37,44-45,58H,8-14,23-27,34H2,1-7H3,(H,66,74)(H,67,73)(H,68,72). The van der Waals surface area contributed by atoms with Crippen LogP contribution in [0.2, 0.25) is 0 Å². The third kappa shape index (κ3) is 13.2. The minimum Gasteiger partial charge on any atom is -0.497 e. The number of fused-ring (bicyclic) bond motifs is 4. The number of nitrogens with one attached hydrogen (secondary N) is 3. The molecule has 20 nitrogen and oxygen atoms in total. The summed E-state index contributed by atoms with van der Waals surface area (Å²) in [4.78, 5) is 106. The van der Waals surface area contributed by atoms with E-state index >= 15 is 0 Å². The van der Waals surface area contributed by atoms with E-state index in [1.54, 1.807) is 86.5 Å². The van der Waals surface area contributed by atoms with Gasteiger partial charge in [0.25, 0.3) is 23.6 Å². The Morgan fingerprint density at radius 3 is 1.72 bits per heavy atom. The van der Waals surface area contributed by atoms with Gasteiger partial charge in [-0.2, -0.15) is 0 Å². The van der Waals surface area contributed by atoms with Crippen molar-refractivity contribution in [1.82, 2.24) is 25.3 Å². The summed E-state index contributed by atoms with van der Waals surface area (Å²) in [5, 5.41) is 8.23. The van der Waals surface area contributed by atoms with Gasteiger partial charge in [0.15, 0.2) is 23.0 Å². The van der Waals surface area contributed by atoms with Crippen molar-refractivity contribution in [3.8, 4) is 28.7 Å². The normalized spacial score (nSPS) is 17.3. The zero-order chi connectivity index (χ0) is 58.9. The molecule has 3 N–H and O–H groups in total. The van der Waals surface area contributed by atoms with Crippen molar-refractivity contribution in [1.29, 1.82) is 0 Å². The van der Waals surface area contributed by atoms with Gasteiger partial charge in [0.05, 0.1) is 75.7 Å². The molecule has 7 amide bonds. The number of aliphatic imine (C=N–C) groups is 2. The summed E-state index contributed by atoms with van der Waals surface area (Å²) in [5.74, 6) is -0.0387. The van der Waals surface area contributed by atoms with Gasteiger partial charge in [-0.15, -0.1) is 0 Å². The van der Waals surface area contributed by atoms with Crippen molar-refractivity contribution in [2.24, 2.45) is 15.9 Å². The summed E-state index contributed by atoms with van der Waals surface area (Å²) in [6, 6.07) is 20.2. The third-order valence-corrected chi connectivity index (χ3v) is 15.2. The van der Waals surface area contributed by atoms with Crippen LogP contribution in [0.25, 0.3) is 11.1 Å². The summed E-state index contributed by atoms with van der Waals surface area (Å²) in [6.07, 6.45) is 12.0. The Morgan fingerprint density at radius 2 is 1.20 bits per heavy atom. The molecule has 0 radical (unpaired) electrons. The number of imide groups is 1. The quantitative estimate of drug-likeness (QED) is 0.0417. The summed E-state index contributed by atoms with van der Waals surface area (Å²) in [6.45, 7) is 7.74. The first kappa shape index (κ1) is 58.6. The van der Waals surface area contributed by atoms with E-state index in [0.717, 1.165) is 34.4 Å². The zero-order valence-corrected chi connectivity index (χ0v) is 47.9. The highest BCUT2D eigenvalue weighted by Gasteiger charge is 2.37. The number of rotatable bonds is 25. The maximum atomic E-state index is 14.1. The van der Waals surface area contributed by atoms with Gasteiger partial charge in [0.2, 0.25) is 17.7 Å². The van der Waals surface area contributed by atoms with Crippen LogP contribution < -0.4 is 39.6 Å². The van der Waals surface area contributed by atoms with Crippen molar-refractivity contribution < 1.29 is 57.2 Å². The molecule has 5 heterocycles. The first-order valence-electron chi connectivity index (χ1n) is 28.1. The van der Waals surface area contributed by atoms with E-state index in [0.29, 0.717) is 114 Å². The molecule has 4 aromatic rings. The second-order valence-corrected chi connectivity index (χ2v) is 21.2. The van der Waals surface area contributed by atoms with Gasteiger partial charge in [0, 0.05) is 86.0 Å². The highest BCUT2D eigenvalue weighted by molar-refractivity contribution is 6.19. The molecule has 20 heteroatoms. The second kappa shape index (κ2) is 26.2. The lowest BCUT2D eigenvalue weighted by molar-refractivity contribution is -0.137. The molecule has 0 bridgehead atoms. The number of ether oxygens (including phenoxy) is 5. The van der Waals surface area contributed by atoms with E-state index in [-0.39, 0.29) is 73.7 Å². The van der Waals surface area contributed by atoms with E-state index < -0.39 is 17.9 Å². The Labute approximate surface area is 482 Å². The summed E-state index contributed by atoms with van der Waals surface area (Å²) in [5.41, 5.74) is 7.05. The highest BCUT2D eigenvalue weighted by Crippen LogP contribution is 2.42. The van der Waals surface area contributed by atoms with Gasteiger partial charge in [-0.1, -0.05) is 57.9 Å². The minimum absolute atomic E-state index is 0.167. The van der Waals surface area contributed by atoms with Gasteiger partial charge >= 0.3 is 0 Å². The molecular formula is C63H70N8O12. The topological polar surface area (TPSA) is 236 Å². The number of hydrogen-bond acceptors (Lipinski definition) is 14. The maximum absolute atomic E-state index is 14.1. The molecule has 3 atom stereocenters. The lowest BCUT2D eigenvalue weighted by Gasteiger charge is -2.21. The van der Waals surface area contributed by atoms with E-state index in [1.165, 1.54) is 19.1 Å². The van der Waals surface area contributed by atoms with Crippen molar-refractivity contribution >= 4 is 82.0 Å². The Kier molecular flexibility index (Phi) is 18.5. The average molecular weight is 1130 g/mol. The summed E-state index contributed by atoms with van der Waals surface area (Å²) < 4.78 is 29.0. The van der Waals surface area contributed by atoms with Gasteiger partial charge < -0.3 is 49.4 Å². The number of benzene rings is 4. The first-order valence-corrected chi connectivity index (χ1v) is 28.1. The Hall–Kier alpha value is -9.07. The van der Waals surface area contributed by atoms with Gasteiger partial charge in [0.1, 0.15) is 11.8 Å². The number of anilines is 1. The van der Waals surface area contributed by atoms with Gasteiger partial charge in [-0.05, 0) is 90.8 Å². The first-order chi connectivity index (χ1) is 40.1. The zero-order valence-electron chi connectivity index (χ0n) is 47.9. The molecular weight excluding hydrogens is 1060 g/mol. The number of carbonyl (C=O) groups excluding carboxylic acids is 7. The van der Waals surface area contributed by atoms with Crippen LogP contribution in [0, 0.1) is 5.92 Å². The molecule has 5 aliphatic heterocycles. The largest absolute Gasteiger partial charge is 0.497 e. The van der Waals surface area contributed by atoms with Crippen LogP contribution in [0.15, 0.2) is 106 Å². The molecule has 434 valence electrons. The molecule has 3 unspecified atom stereocenters. The van der Waals surface area contributed by atoms with Crippen LogP contribution in [0.5, 0.6) is 28.7 Å². The molecule has 0 saturated carbocycles. The molecule has 0 saturated heterocycles. The molecule has 9 rings (SSSR count). The lowest BCUT2D eigenvalue weighted by atomic mass is 10.0. The minimum atomic E-state index is -0.859. The van der Waals surface area contributed by atoms with Crippen LogP contribution in [-0.2, 0) is 24.0 Å². The summed E-state index contributed by atoms with van der Waals surface area (Å²) in [7, 11) is 4.65. The van der Waals surface area contributed by atoms with E-state index in [1.807, 2.05) is 55.7 Å². The number of carbonyl (C=O) groups is 7. The van der Waals surface area contributed by atoms with Crippen molar-refractivity contribution in [2.75, 3.05) is 52.9 Å². The molecule has 83 heavy (non-hydrogen) atoms. The molecule has 4 aromatic carbocycles. The number of methoxy groups -OCH3 is 3. The third-order valence-electron chi connectivity index (χ3n) is 15.2. The fourth-order valence-corrected chi connectivity index (χ4v) is 10.6. The van der Waals surface area contributed by atoms with Crippen molar-refractivity contribution in [3.63, 3.8) is 0 Å². The SMILES string of the molecule is CCCC1=C(C)C(=O)N(CCCCCC(=O)NC(C(=O)NCC(=O)Nc2ccc(C3=CN4C(=O)c5cc(OC)c(OCCCOc6cc7c(cc6OC)C(=O)N6C=C(c8ccc(OC)cc8)CC6C=N7)cc5N=CC4C3)cc2)C(C)C)C1=O. The smallest absolute Gasteiger partial charge is 0.260 e. The van der Waals surface area contributed by atoms with E-state index in [9.17, 15) is 33.6 Å². The van der Waals surface area contributed by atoms with Crippen LogP contribution in [0.1, 0.15) is 117 Å². The molecule has 0 aromatic heterocycles. The maximum Gasteiger partial charge on any atom is 0.260 e. The Balaban J connectivity index is 0.719. The van der Waals surface area contributed by atoms with Crippen molar-refractivity contribution in [3.05, 3.63) is 119 Å². The van der Waals surface area contributed by atoms with Crippen molar-refractivity contribution in [2.45, 2.75) is 104 Å². The van der Waals surface area contributed by atoms with Gasteiger partial charge in [-0.25, -0.2) is 0 Å². The summed E-state index contributed by atoms with van der Waals surface area (Å²) >= 11 is 0. The van der Waals surface area contributed by atoms with Crippen LogP contribution in [0.3, 0.4) is 0 Å². The highest BCUT2D eigenvalue weighted by atomic mass is 16.5. The number of unbranched alkanes of at least 4 members (excludes halogenated alkanes) is 2. The molecule has 5 aliphatic rings. The van der Waals surface area contributed by atoms with Gasteiger partial charge in [-0.3, -0.25) is 48.4 Å². The fraction of sp³-hybridized carbons (Fsp3) is 0.381. The number of amides is 7. The van der Waals surface area contributed by atoms with Crippen LogP contribution in [0.4, 0.5) is 17.1 Å². The molecule has 0 aliphatic carbocycles. The fourth-order valence-electron chi connectivity index (χ4n) is 10.6. The number of hydrogen-bond donors (Lipinski definition) is 3. The second-order valence-electron chi connectivity index (χ2n) is 21.2. The van der Waals surface area contributed by atoms with Crippen LogP contribution in [-0.4, -0.2) is 134 Å². The van der Waals surface area contributed by atoms with E-state index in [2.05, 4.69) is 16.0 Å². The Bertz CT molecular complexity index is 3350. The van der Waals surface area contributed by atoms with Crippen LogP contribution >= 0.6 is 0 Å². The lowest BCUT2D eigenvalue weighted by Crippen LogP contribution is -2.51. The molecule has 0 spiro atoms.